The average Bonchev–Trinajstić information content (AvgIpc) is 2.90. The van der Waals surface area contributed by atoms with E-state index in [2.05, 4.69) is 44.5 Å². The number of benzene rings is 3. The van der Waals surface area contributed by atoms with Crippen molar-refractivity contribution in [3.05, 3.63) is 90.6 Å². The van der Waals surface area contributed by atoms with E-state index in [1.165, 1.54) is 5.56 Å². The SMILES string of the molecule is Nc1ncc(-c2cccc(CCN3CCOCC3)c2)c(Nc2ccccc2Oc2ccccc2)n1. The maximum Gasteiger partial charge on any atom is 0.221 e. The molecule has 2 heterocycles. The lowest BCUT2D eigenvalue weighted by Gasteiger charge is -2.26. The van der Waals surface area contributed by atoms with Crippen LogP contribution in [0.2, 0.25) is 0 Å². The summed E-state index contributed by atoms with van der Waals surface area (Å²) < 4.78 is 11.6. The van der Waals surface area contributed by atoms with Gasteiger partial charge in [0, 0.05) is 31.4 Å². The van der Waals surface area contributed by atoms with E-state index in [-0.39, 0.29) is 5.95 Å². The Bertz CT molecular complexity index is 1260. The van der Waals surface area contributed by atoms with Gasteiger partial charge in [0.1, 0.15) is 11.6 Å². The number of nitrogens with one attached hydrogen (secondary N) is 1. The Kier molecular flexibility index (Phi) is 7.17. The minimum Gasteiger partial charge on any atom is -0.455 e. The third kappa shape index (κ3) is 5.95. The lowest BCUT2D eigenvalue weighted by molar-refractivity contribution is 0.0384. The Balaban J connectivity index is 1.39. The number of nitrogen functional groups attached to an aromatic ring is 1. The van der Waals surface area contributed by atoms with E-state index in [4.69, 9.17) is 15.2 Å². The smallest absolute Gasteiger partial charge is 0.221 e. The number of aromatic nitrogens is 2. The second-order valence-electron chi connectivity index (χ2n) is 8.43. The van der Waals surface area contributed by atoms with Crippen molar-refractivity contribution in [2.75, 3.05) is 43.9 Å². The molecule has 3 aromatic carbocycles. The lowest BCUT2D eigenvalue weighted by Crippen LogP contribution is -2.37. The molecule has 1 aromatic heterocycles. The molecule has 35 heavy (non-hydrogen) atoms. The predicted octanol–water partition coefficient (Wildman–Crippen LogP) is 5.14. The molecule has 1 fully saturated rings. The maximum absolute atomic E-state index is 6.12. The van der Waals surface area contributed by atoms with Gasteiger partial charge < -0.3 is 20.5 Å². The summed E-state index contributed by atoms with van der Waals surface area (Å²) in [4.78, 5) is 11.2. The van der Waals surface area contributed by atoms with Crippen LogP contribution < -0.4 is 15.8 Å². The van der Waals surface area contributed by atoms with Crippen molar-refractivity contribution in [3.8, 4) is 22.6 Å². The summed E-state index contributed by atoms with van der Waals surface area (Å²) in [7, 11) is 0. The summed E-state index contributed by atoms with van der Waals surface area (Å²) in [5, 5.41) is 3.43. The molecule has 1 saturated heterocycles. The number of anilines is 3. The lowest BCUT2D eigenvalue weighted by atomic mass is 10.0. The number of para-hydroxylation sites is 3. The number of nitrogens with two attached hydrogens (primary N) is 1. The van der Waals surface area contributed by atoms with Crippen LogP contribution in [-0.4, -0.2) is 47.7 Å². The molecule has 5 rings (SSSR count). The normalized spacial score (nSPS) is 13.9. The fourth-order valence-corrected chi connectivity index (χ4v) is 4.11. The summed E-state index contributed by atoms with van der Waals surface area (Å²) in [6.07, 6.45) is 2.74. The van der Waals surface area contributed by atoms with Crippen molar-refractivity contribution in [1.29, 1.82) is 0 Å². The molecule has 1 aliphatic heterocycles. The third-order valence-electron chi connectivity index (χ3n) is 5.98. The molecule has 0 aliphatic carbocycles. The van der Waals surface area contributed by atoms with Gasteiger partial charge in [0.05, 0.1) is 18.9 Å². The van der Waals surface area contributed by atoms with Crippen LogP contribution >= 0.6 is 0 Å². The topological polar surface area (TPSA) is 85.5 Å². The van der Waals surface area contributed by atoms with E-state index in [1.807, 2.05) is 54.6 Å². The Morgan fingerprint density at radius 1 is 0.943 bits per heavy atom. The number of hydrogen-bond acceptors (Lipinski definition) is 7. The number of rotatable bonds is 8. The van der Waals surface area contributed by atoms with Gasteiger partial charge in [-0.15, -0.1) is 0 Å². The molecule has 0 radical (unpaired) electrons. The monoisotopic (exact) mass is 467 g/mol. The van der Waals surface area contributed by atoms with Gasteiger partial charge in [-0.25, -0.2) is 4.98 Å². The standard InChI is InChI=1S/C28H29N5O2/c29-28-30-20-24(22-8-6-7-21(19-22)13-14-33-15-17-34-18-16-33)27(32-28)31-25-11-4-5-12-26(25)35-23-9-2-1-3-10-23/h1-12,19-20H,13-18H2,(H3,29,30,31,32). The number of hydrogen-bond donors (Lipinski definition) is 2. The van der Waals surface area contributed by atoms with Gasteiger partial charge in [0.15, 0.2) is 5.75 Å². The molecular weight excluding hydrogens is 438 g/mol. The average molecular weight is 468 g/mol. The fourth-order valence-electron chi connectivity index (χ4n) is 4.11. The van der Waals surface area contributed by atoms with Gasteiger partial charge in [-0.1, -0.05) is 54.6 Å². The van der Waals surface area contributed by atoms with E-state index < -0.39 is 0 Å². The molecule has 0 saturated carbocycles. The first-order valence-electron chi connectivity index (χ1n) is 11.9. The van der Waals surface area contributed by atoms with Crippen molar-refractivity contribution in [1.82, 2.24) is 14.9 Å². The first-order chi connectivity index (χ1) is 17.2. The van der Waals surface area contributed by atoms with E-state index in [0.717, 1.165) is 61.8 Å². The van der Waals surface area contributed by atoms with Crippen LogP contribution in [0, 0.1) is 0 Å². The second kappa shape index (κ2) is 11.0. The summed E-state index contributed by atoms with van der Waals surface area (Å²) in [5.74, 6) is 2.30. The van der Waals surface area contributed by atoms with Gasteiger partial charge in [-0.05, 0) is 41.8 Å². The van der Waals surface area contributed by atoms with Crippen molar-refractivity contribution in [2.45, 2.75) is 6.42 Å². The third-order valence-corrected chi connectivity index (χ3v) is 5.98. The molecule has 1 aliphatic rings. The highest BCUT2D eigenvalue weighted by Crippen LogP contribution is 2.35. The van der Waals surface area contributed by atoms with Crippen LogP contribution in [-0.2, 0) is 11.2 Å². The van der Waals surface area contributed by atoms with E-state index >= 15 is 0 Å². The van der Waals surface area contributed by atoms with Crippen LogP contribution in [0.3, 0.4) is 0 Å². The summed E-state index contributed by atoms with van der Waals surface area (Å²) in [5.41, 5.74) is 9.94. The van der Waals surface area contributed by atoms with Gasteiger partial charge >= 0.3 is 0 Å². The number of morpholine rings is 1. The van der Waals surface area contributed by atoms with Crippen molar-refractivity contribution < 1.29 is 9.47 Å². The molecule has 4 aromatic rings. The zero-order chi connectivity index (χ0) is 23.9. The molecule has 3 N–H and O–H groups in total. The van der Waals surface area contributed by atoms with Gasteiger partial charge in [-0.3, -0.25) is 4.90 Å². The van der Waals surface area contributed by atoms with Crippen LogP contribution in [0.4, 0.5) is 17.5 Å². The Labute approximate surface area is 205 Å². The highest BCUT2D eigenvalue weighted by Gasteiger charge is 2.14. The van der Waals surface area contributed by atoms with Crippen LogP contribution in [0.25, 0.3) is 11.1 Å². The minimum atomic E-state index is 0.209. The van der Waals surface area contributed by atoms with Crippen molar-refractivity contribution >= 4 is 17.5 Å². The molecular formula is C28H29N5O2. The molecule has 0 bridgehead atoms. The summed E-state index contributed by atoms with van der Waals surface area (Å²) >= 11 is 0. The quantitative estimate of drug-likeness (QED) is 0.371. The highest BCUT2D eigenvalue weighted by atomic mass is 16.5. The molecule has 7 nitrogen and oxygen atoms in total. The number of nitrogens with zero attached hydrogens (tertiary/aromatic N) is 3. The fraction of sp³-hybridized carbons (Fsp3) is 0.214. The van der Waals surface area contributed by atoms with E-state index in [9.17, 15) is 0 Å². The highest BCUT2D eigenvalue weighted by molar-refractivity contribution is 5.80. The molecule has 7 heteroatoms. The van der Waals surface area contributed by atoms with Crippen LogP contribution in [0.15, 0.2) is 85.1 Å². The first kappa shape index (κ1) is 22.8. The van der Waals surface area contributed by atoms with E-state index in [0.29, 0.717) is 11.6 Å². The molecule has 178 valence electrons. The molecule has 0 unspecified atom stereocenters. The second-order valence-corrected chi connectivity index (χ2v) is 8.43. The van der Waals surface area contributed by atoms with Crippen LogP contribution in [0.1, 0.15) is 5.56 Å². The summed E-state index contributed by atoms with van der Waals surface area (Å²) in [6.45, 7) is 4.62. The maximum atomic E-state index is 6.12. The Morgan fingerprint density at radius 2 is 1.74 bits per heavy atom. The van der Waals surface area contributed by atoms with Crippen molar-refractivity contribution in [3.63, 3.8) is 0 Å². The first-order valence-corrected chi connectivity index (χ1v) is 11.9. The Hall–Kier alpha value is -3.94. The zero-order valence-corrected chi connectivity index (χ0v) is 19.6. The summed E-state index contributed by atoms with van der Waals surface area (Å²) in [6, 6.07) is 26.0. The minimum absolute atomic E-state index is 0.209. The largest absolute Gasteiger partial charge is 0.455 e. The Morgan fingerprint density at radius 3 is 2.60 bits per heavy atom. The van der Waals surface area contributed by atoms with Crippen LogP contribution in [0.5, 0.6) is 11.5 Å². The molecule has 0 amide bonds. The van der Waals surface area contributed by atoms with Gasteiger partial charge in [0.25, 0.3) is 0 Å². The van der Waals surface area contributed by atoms with Crippen molar-refractivity contribution in [2.24, 2.45) is 0 Å². The van der Waals surface area contributed by atoms with Gasteiger partial charge in [0.2, 0.25) is 5.95 Å². The van der Waals surface area contributed by atoms with Gasteiger partial charge in [-0.2, -0.15) is 4.98 Å². The van der Waals surface area contributed by atoms with E-state index in [1.54, 1.807) is 6.20 Å². The molecule has 0 atom stereocenters. The predicted molar refractivity (Wildman–Crippen MR) is 139 cm³/mol. The zero-order valence-electron chi connectivity index (χ0n) is 19.6. The number of ether oxygens (including phenoxy) is 2. The molecule has 0 spiro atoms.